The lowest BCUT2D eigenvalue weighted by atomic mass is 10.1. The second-order valence-corrected chi connectivity index (χ2v) is 5.09. The fraction of sp³-hybridized carbons (Fsp3) is 0.278. The van der Waals surface area contributed by atoms with E-state index in [-0.39, 0.29) is 17.9 Å². The maximum atomic E-state index is 11.2. The molecular weight excluding hydrogens is 296 g/mol. The van der Waals surface area contributed by atoms with E-state index < -0.39 is 5.97 Å². The van der Waals surface area contributed by atoms with Crippen LogP contribution in [-0.4, -0.2) is 31.4 Å². The second kappa shape index (κ2) is 7.54. The van der Waals surface area contributed by atoms with Crippen LogP contribution in [0.3, 0.4) is 0 Å². The van der Waals surface area contributed by atoms with Crippen LogP contribution in [0.25, 0.3) is 0 Å². The topological polar surface area (TPSA) is 65.0 Å². The van der Waals surface area contributed by atoms with Crippen LogP contribution >= 0.6 is 0 Å². The van der Waals surface area contributed by atoms with E-state index >= 15 is 0 Å². The molecule has 0 aliphatic heterocycles. The van der Waals surface area contributed by atoms with Gasteiger partial charge in [0.2, 0.25) is 0 Å². The molecule has 0 saturated carbocycles. The van der Waals surface area contributed by atoms with E-state index in [0.717, 1.165) is 11.3 Å². The van der Waals surface area contributed by atoms with Crippen LogP contribution in [-0.2, 0) is 0 Å². The third-order valence-corrected chi connectivity index (χ3v) is 3.51. The highest BCUT2D eigenvalue weighted by atomic mass is 16.5. The molecule has 2 aromatic carbocycles. The Kier molecular flexibility index (Phi) is 5.46. The van der Waals surface area contributed by atoms with Gasteiger partial charge in [0.1, 0.15) is 24.5 Å². The Bertz CT molecular complexity index is 694. The number of benzene rings is 2. The maximum absolute atomic E-state index is 11.2. The minimum absolute atomic E-state index is 0.0653. The van der Waals surface area contributed by atoms with Gasteiger partial charge >= 0.3 is 5.97 Å². The van der Waals surface area contributed by atoms with Gasteiger partial charge in [-0.25, -0.2) is 4.79 Å². The van der Waals surface area contributed by atoms with Crippen LogP contribution < -0.4 is 14.2 Å². The van der Waals surface area contributed by atoms with Crippen molar-refractivity contribution >= 4 is 5.97 Å². The highest BCUT2D eigenvalue weighted by molar-refractivity contribution is 5.92. The summed E-state index contributed by atoms with van der Waals surface area (Å²) in [7, 11) is 1.47. The summed E-state index contributed by atoms with van der Waals surface area (Å²) in [6.07, 6.45) is 0. The lowest BCUT2D eigenvalue weighted by molar-refractivity contribution is 0.0690. The van der Waals surface area contributed by atoms with Crippen LogP contribution in [0.1, 0.15) is 21.5 Å². The summed E-state index contributed by atoms with van der Waals surface area (Å²) in [6.45, 7) is 4.58. The van der Waals surface area contributed by atoms with E-state index in [1.165, 1.54) is 18.7 Å². The number of carbonyl (C=O) groups is 1. The van der Waals surface area contributed by atoms with Crippen molar-refractivity contribution in [2.75, 3.05) is 20.3 Å². The smallest absolute Gasteiger partial charge is 0.339 e. The van der Waals surface area contributed by atoms with Crippen molar-refractivity contribution in [1.82, 2.24) is 0 Å². The maximum Gasteiger partial charge on any atom is 0.339 e. The van der Waals surface area contributed by atoms with Crippen LogP contribution in [0.4, 0.5) is 0 Å². The summed E-state index contributed by atoms with van der Waals surface area (Å²) in [6, 6.07) is 10.6. The zero-order valence-corrected chi connectivity index (χ0v) is 13.5. The molecule has 0 unspecified atom stereocenters. The molecule has 0 aliphatic rings. The molecule has 0 atom stereocenters. The van der Waals surface area contributed by atoms with E-state index in [2.05, 4.69) is 0 Å². The van der Waals surface area contributed by atoms with Crippen molar-refractivity contribution in [2.45, 2.75) is 13.8 Å². The van der Waals surface area contributed by atoms with E-state index in [1.54, 1.807) is 12.1 Å². The number of methoxy groups -OCH3 is 1. The van der Waals surface area contributed by atoms with Crippen molar-refractivity contribution in [3.05, 3.63) is 53.1 Å². The molecule has 0 amide bonds. The molecule has 5 heteroatoms. The van der Waals surface area contributed by atoms with Crippen molar-refractivity contribution < 1.29 is 24.1 Å². The molecule has 0 fully saturated rings. The first-order valence-electron chi connectivity index (χ1n) is 7.26. The third-order valence-electron chi connectivity index (χ3n) is 3.51. The van der Waals surface area contributed by atoms with Gasteiger partial charge in [-0.1, -0.05) is 12.1 Å². The van der Waals surface area contributed by atoms with Gasteiger partial charge in [-0.2, -0.15) is 0 Å². The molecule has 23 heavy (non-hydrogen) atoms. The highest BCUT2D eigenvalue weighted by Gasteiger charge is 2.16. The van der Waals surface area contributed by atoms with Crippen LogP contribution in [0.5, 0.6) is 17.2 Å². The number of carboxylic acids is 1. The number of rotatable bonds is 7. The number of aryl methyl sites for hydroxylation is 2. The van der Waals surface area contributed by atoms with Crippen molar-refractivity contribution in [3.8, 4) is 17.2 Å². The minimum atomic E-state index is -1.06. The van der Waals surface area contributed by atoms with E-state index in [4.69, 9.17) is 14.2 Å². The molecule has 1 N–H and O–H groups in total. The Morgan fingerprint density at radius 3 is 2.43 bits per heavy atom. The van der Waals surface area contributed by atoms with Crippen molar-refractivity contribution in [2.24, 2.45) is 0 Å². The molecular formula is C18H20O5. The average Bonchev–Trinajstić information content (AvgIpc) is 2.54. The van der Waals surface area contributed by atoms with Gasteiger partial charge in [-0.15, -0.1) is 0 Å². The first kappa shape index (κ1) is 16.7. The summed E-state index contributed by atoms with van der Waals surface area (Å²) < 4.78 is 16.3. The van der Waals surface area contributed by atoms with Crippen molar-refractivity contribution in [3.63, 3.8) is 0 Å². The van der Waals surface area contributed by atoms with Gasteiger partial charge in [-0.05, 0) is 49.2 Å². The van der Waals surface area contributed by atoms with Gasteiger partial charge in [0.15, 0.2) is 11.5 Å². The predicted molar refractivity (Wildman–Crippen MR) is 86.9 cm³/mol. The Balaban J connectivity index is 1.98. The summed E-state index contributed by atoms with van der Waals surface area (Å²) in [5.74, 6) is 0.298. The molecule has 0 bridgehead atoms. The molecule has 0 saturated heterocycles. The first-order chi connectivity index (χ1) is 11.0. The number of hydrogen-bond donors (Lipinski definition) is 1. The highest BCUT2D eigenvalue weighted by Crippen LogP contribution is 2.31. The quantitative estimate of drug-likeness (QED) is 0.792. The Morgan fingerprint density at radius 1 is 1.04 bits per heavy atom. The molecule has 0 heterocycles. The molecule has 122 valence electrons. The van der Waals surface area contributed by atoms with E-state index in [9.17, 15) is 9.90 Å². The second-order valence-electron chi connectivity index (χ2n) is 5.09. The summed E-state index contributed by atoms with van der Waals surface area (Å²) in [5.41, 5.74) is 2.42. The van der Waals surface area contributed by atoms with Gasteiger partial charge in [0.05, 0.1) is 7.11 Å². The first-order valence-corrected chi connectivity index (χ1v) is 7.26. The number of carboxylic acid groups (broad SMARTS) is 1. The predicted octanol–water partition coefficient (Wildman–Crippen LogP) is 3.47. The Hall–Kier alpha value is -2.69. The van der Waals surface area contributed by atoms with Crippen LogP contribution in [0, 0.1) is 13.8 Å². The fourth-order valence-corrected chi connectivity index (χ4v) is 2.10. The molecule has 0 aromatic heterocycles. The minimum Gasteiger partial charge on any atom is -0.493 e. The largest absolute Gasteiger partial charge is 0.493 e. The SMILES string of the molecule is COc1cccc(C(=O)O)c1OCCOc1ccc(C)c(C)c1. The van der Waals surface area contributed by atoms with E-state index in [0.29, 0.717) is 12.4 Å². The van der Waals surface area contributed by atoms with Crippen LogP contribution in [0.15, 0.2) is 36.4 Å². The molecule has 2 rings (SSSR count). The number of aromatic carboxylic acids is 1. The molecule has 5 nitrogen and oxygen atoms in total. The summed E-state index contributed by atoms with van der Waals surface area (Å²) in [4.78, 5) is 11.2. The molecule has 0 radical (unpaired) electrons. The number of hydrogen-bond acceptors (Lipinski definition) is 4. The number of para-hydroxylation sites is 1. The lowest BCUT2D eigenvalue weighted by Crippen LogP contribution is -2.12. The standard InChI is InChI=1S/C18H20O5/c1-12-7-8-14(11-13(12)2)22-9-10-23-17-15(18(19)20)5-4-6-16(17)21-3/h4-8,11H,9-10H2,1-3H3,(H,19,20). The van der Waals surface area contributed by atoms with E-state index in [1.807, 2.05) is 32.0 Å². The zero-order chi connectivity index (χ0) is 16.8. The lowest BCUT2D eigenvalue weighted by Gasteiger charge is -2.14. The molecule has 0 aliphatic carbocycles. The van der Waals surface area contributed by atoms with Crippen LogP contribution in [0.2, 0.25) is 0 Å². The van der Waals surface area contributed by atoms with Gasteiger partial charge in [0, 0.05) is 0 Å². The monoisotopic (exact) mass is 316 g/mol. The Labute approximate surface area is 135 Å². The van der Waals surface area contributed by atoms with Gasteiger partial charge < -0.3 is 19.3 Å². The fourth-order valence-electron chi connectivity index (χ4n) is 2.10. The summed E-state index contributed by atoms with van der Waals surface area (Å²) in [5, 5.41) is 9.21. The molecule has 2 aromatic rings. The summed E-state index contributed by atoms with van der Waals surface area (Å²) >= 11 is 0. The number of ether oxygens (including phenoxy) is 3. The normalized spacial score (nSPS) is 10.2. The third kappa shape index (κ3) is 4.16. The zero-order valence-electron chi connectivity index (χ0n) is 13.5. The van der Waals surface area contributed by atoms with Gasteiger partial charge in [-0.3, -0.25) is 0 Å². The van der Waals surface area contributed by atoms with Crippen molar-refractivity contribution in [1.29, 1.82) is 0 Å². The average molecular weight is 316 g/mol. The Morgan fingerprint density at radius 2 is 1.78 bits per heavy atom. The molecule has 0 spiro atoms. The van der Waals surface area contributed by atoms with Gasteiger partial charge in [0.25, 0.3) is 0 Å².